The van der Waals surface area contributed by atoms with E-state index >= 15 is 0 Å². The van der Waals surface area contributed by atoms with Crippen LogP contribution in [0.5, 0.6) is 0 Å². The van der Waals surface area contributed by atoms with Gasteiger partial charge in [0, 0.05) is 12.6 Å². The largest absolute Gasteiger partial charge is 0.396 e. The predicted molar refractivity (Wildman–Crippen MR) is 92.3 cm³/mol. The second kappa shape index (κ2) is 6.77. The highest BCUT2D eigenvalue weighted by Crippen LogP contribution is 2.27. The molecule has 0 spiro atoms. The average molecular weight is 346 g/mol. The number of nitrogen functional groups attached to an aromatic ring is 1. The van der Waals surface area contributed by atoms with Crippen LogP contribution in [0.4, 0.5) is 11.5 Å². The van der Waals surface area contributed by atoms with Gasteiger partial charge in [-0.1, -0.05) is 41.9 Å². The summed E-state index contributed by atoms with van der Waals surface area (Å²) in [4.78, 5) is 15.9. The second-order valence-corrected chi connectivity index (χ2v) is 5.70. The Morgan fingerprint density at radius 3 is 2.79 bits per heavy atom. The molecule has 0 saturated heterocycles. The number of rotatable bonds is 5. The monoisotopic (exact) mass is 345 g/mol. The topological polar surface area (TPSA) is 105 Å². The number of aromatic nitrogens is 2. The Morgan fingerprint density at radius 1 is 1.33 bits per heavy atom. The summed E-state index contributed by atoms with van der Waals surface area (Å²) < 4.78 is 1.71. The van der Waals surface area contributed by atoms with E-state index in [-0.39, 0.29) is 6.54 Å². The number of anilines is 2. The lowest BCUT2D eigenvalue weighted by molar-refractivity contribution is -0.127. The van der Waals surface area contributed by atoms with Crippen LogP contribution in [0.2, 0.25) is 5.02 Å². The van der Waals surface area contributed by atoms with E-state index in [0.717, 1.165) is 11.3 Å². The third kappa shape index (κ3) is 3.27. The van der Waals surface area contributed by atoms with Crippen molar-refractivity contribution < 1.29 is 10.0 Å². The summed E-state index contributed by atoms with van der Waals surface area (Å²) in [5.41, 5.74) is 10.4. The quantitative estimate of drug-likeness (QED) is 0.418. The van der Waals surface area contributed by atoms with Crippen LogP contribution in [0.15, 0.2) is 42.6 Å². The first-order valence-electron chi connectivity index (χ1n) is 7.25. The van der Waals surface area contributed by atoms with Gasteiger partial charge in [0.15, 0.2) is 5.65 Å². The summed E-state index contributed by atoms with van der Waals surface area (Å²) in [6.45, 7) is -0.113. The van der Waals surface area contributed by atoms with E-state index < -0.39 is 5.91 Å². The molecule has 3 rings (SSSR count). The second-order valence-electron chi connectivity index (χ2n) is 5.27. The van der Waals surface area contributed by atoms with Gasteiger partial charge in [0.1, 0.15) is 5.82 Å². The fraction of sp³-hybridized carbons (Fsp3) is 0.125. The summed E-state index contributed by atoms with van der Waals surface area (Å²) in [5.74, 6) is 0.0391. The molecule has 7 nitrogen and oxygen atoms in total. The SMILES string of the molecule is Nc1cc(Cl)cn2c(NCC(=O)NO)c(Cc3ccccc3)nc12. The predicted octanol–water partition coefficient (Wildman–Crippen LogP) is 2.08. The molecular weight excluding hydrogens is 330 g/mol. The van der Waals surface area contributed by atoms with E-state index in [1.807, 2.05) is 30.3 Å². The van der Waals surface area contributed by atoms with E-state index in [1.54, 1.807) is 22.1 Å². The number of nitrogens with one attached hydrogen (secondary N) is 2. The van der Waals surface area contributed by atoms with Crippen molar-refractivity contribution >= 4 is 34.7 Å². The van der Waals surface area contributed by atoms with Gasteiger partial charge in [-0.2, -0.15) is 0 Å². The molecule has 124 valence electrons. The molecule has 5 N–H and O–H groups in total. The summed E-state index contributed by atoms with van der Waals surface area (Å²) in [7, 11) is 0. The zero-order valence-electron chi connectivity index (χ0n) is 12.7. The lowest BCUT2D eigenvalue weighted by Crippen LogP contribution is -2.27. The first-order valence-corrected chi connectivity index (χ1v) is 7.63. The summed E-state index contributed by atoms with van der Waals surface area (Å²) >= 11 is 6.08. The molecule has 24 heavy (non-hydrogen) atoms. The molecule has 8 heteroatoms. The van der Waals surface area contributed by atoms with Crippen LogP contribution in [0, 0.1) is 0 Å². The van der Waals surface area contributed by atoms with Gasteiger partial charge in [0.05, 0.1) is 22.9 Å². The first-order chi connectivity index (χ1) is 11.6. The molecule has 0 fully saturated rings. The maximum Gasteiger partial charge on any atom is 0.262 e. The number of nitrogens with zero attached hydrogens (tertiary/aromatic N) is 2. The van der Waals surface area contributed by atoms with Crippen LogP contribution in [0.25, 0.3) is 5.65 Å². The van der Waals surface area contributed by atoms with Crippen LogP contribution >= 0.6 is 11.6 Å². The Labute approximate surface area is 143 Å². The average Bonchev–Trinajstić information content (AvgIpc) is 2.91. The smallest absolute Gasteiger partial charge is 0.262 e. The summed E-state index contributed by atoms with van der Waals surface area (Å²) in [6, 6.07) is 11.4. The zero-order chi connectivity index (χ0) is 17.1. The molecule has 0 atom stereocenters. The van der Waals surface area contributed by atoms with Gasteiger partial charge in [-0.25, -0.2) is 10.5 Å². The van der Waals surface area contributed by atoms with Crippen molar-refractivity contribution in [1.82, 2.24) is 14.9 Å². The minimum atomic E-state index is -0.564. The molecule has 0 bridgehead atoms. The van der Waals surface area contributed by atoms with Crippen LogP contribution in [0.3, 0.4) is 0 Å². The third-order valence-corrected chi connectivity index (χ3v) is 3.75. The van der Waals surface area contributed by atoms with Crippen molar-refractivity contribution in [3.05, 3.63) is 58.9 Å². The van der Waals surface area contributed by atoms with Gasteiger partial charge < -0.3 is 11.1 Å². The first kappa shape index (κ1) is 16.1. The number of hydrogen-bond donors (Lipinski definition) is 4. The molecule has 2 heterocycles. The van der Waals surface area contributed by atoms with Crippen molar-refractivity contribution in [2.75, 3.05) is 17.6 Å². The lowest BCUT2D eigenvalue weighted by Gasteiger charge is -2.08. The molecular formula is C16H16ClN5O2. The van der Waals surface area contributed by atoms with Crippen molar-refractivity contribution in [1.29, 1.82) is 0 Å². The standard InChI is InChI=1S/C16H16ClN5O2/c17-11-7-12(18)15-20-13(6-10-4-2-1-3-5-10)16(22(15)9-11)19-8-14(23)21-24/h1-5,7,9,19,24H,6,8,18H2,(H,21,23). The highest BCUT2D eigenvalue weighted by atomic mass is 35.5. The van der Waals surface area contributed by atoms with Gasteiger partial charge in [0.2, 0.25) is 0 Å². The summed E-state index contributed by atoms with van der Waals surface area (Å²) in [6.07, 6.45) is 2.23. The van der Waals surface area contributed by atoms with Crippen LogP contribution in [-0.2, 0) is 11.2 Å². The fourth-order valence-corrected chi connectivity index (χ4v) is 2.70. The van der Waals surface area contributed by atoms with E-state index in [0.29, 0.717) is 28.6 Å². The van der Waals surface area contributed by atoms with Gasteiger partial charge in [-0.3, -0.25) is 14.4 Å². The van der Waals surface area contributed by atoms with Crippen LogP contribution in [0.1, 0.15) is 11.3 Å². The van der Waals surface area contributed by atoms with E-state index in [1.165, 1.54) is 0 Å². The number of halogens is 1. The molecule has 3 aromatic rings. The van der Waals surface area contributed by atoms with Crippen molar-refractivity contribution in [3.63, 3.8) is 0 Å². The number of amides is 1. The molecule has 0 unspecified atom stereocenters. The minimum absolute atomic E-state index is 0.113. The zero-order valence-corrected chi connectivity index (χ0v) is 13.4. The number of pyridine rings is 1. The highest BCUT2D eigenvalue weighted by molar-refractivity contribution is 6.30. The Bertz CT molecular complexity index is 879. The molecule has 0 aliphatic carbocycles. The third-order valence-electron chi connectivity index (χ3n) is 3.54. The van der Waals surface area contributed by atoms with Crippen molar-refractivity contribution in [3.8, 4) is 0 Å². The van der Waals surface area contributed by atoms with Gasteiger partial charge in [0.25, 0.3) is 5.91 Å². The Balaban J connectivity index is 2.05. The highest BCUT2D eigenvalue weighted by Gasteiger charge is 2.16. The van der Waals surface area contributed by atoms with E-state index in [2.05, 4.69) is 10.3 Å². The van der Waals surface area contributed by atoms with E-state index in [9.17, 15) is 4.79 Å². The minimum Gasteiger partial charge on any atom is -0.396 e. The van der Waals surface area contributed by atoms with Crippen molar-refractivity contribution in [2.24, 2.45) is 0 Å². The summed E-state index contributed by atoms with van der Waals surface area (Å²) in [5, 5.41) is 12.1. The number of imidazole rings is 1. The Kier molecular flexibility index (Phi) is 4.54. The molecule has 1 aromatic carbocycles. The molecule has 0 radical (unpaired) electrons. The maximum absolute atomic E-state index is 11.3. The number of carbonyl (C=O) groups is 1. The Hall–Kier alpha value is -2.77. The normalized spacial score (nSPS) is 10.8. The number of carbonyl (C=O) groups excluding carboxylic acids is 1. The molecule has 1 amide bonds. The number of hydroxylamine groups is 1. The molecule has 2 aromatic heterocycles. The Morgan fingerprint density at radius 2 is 2.08 bits per heavy atom. The van der Waals surface area contributed by atoms with Crippen LogP contribution in [-0.4, -0.2) is 27.0 Å². The molecule has 0 aliphatic heterocycles. The number of fused-ring (bicyclic) bond motifs is 1. The maximum atomic E-state index is 11.3. The van der Waals surface area contributed by atoms with Crippen molar-refractivity contribution in [2.45, 2.75) is 6.42 Å². The van der Waals surface area contributed by atoms with Crippen LogP contribution < -0.4 is 16.5 Å². The molecule has 0 aliphatic rings. The number of hydrogen-bond acceptors (Lipinski definition) is 5. The van der Waals surface area contributed by atoms with E-state index in [4.69, 9.17) is 22.5 Å². The van der Waals surface area contributed by atoms with Gasteiger partial charge >= 0.3 is 0 Å². The fourth-order valence-electron chi connectivity index (χ4n) is 2.49. The van der Waals surface area contributed by atoms with Gasteiger partial charge in [-0.05, 0) is 11.6 Å². The lowest BCUT2D eigenvalue weighted by atomic mass is 10.1. The molecule has 0 saturated carbocycles. The van der Waals surface area contributed by atoms with Gasteiger partial charge in [-0.15, -0.1) is 0 Å². The number of benzene rings is 1. The number of nitrogens with two attached hydrogens (primary N) is 1.